The van der Waals surface area contributed by atoms with E-state index in [0.717, 1.165) is 39.4 Å². The van der Waals surface area contributed by atoms with Crippen LogP contribution >= 0.6 is 0 Å². The summed E-state index contributed by atoms with van der Waals surface area (Å²) in [5, 5.41) is 5.69. The van der Waals surface area contributed by atoms with E-state index in [4.69, 9.17) is 15.4 Å². The molecule has 2 N–H and O–H groups in total. The van der Waals surface area contributed by atoms with Crippen molar-refractivity contribution >= 4 is 11.4 Å². The lowest BCUT2D eigenvalue weighted by molar-refractivity contribution is 0.175. The standard InChI is InChI=1S/C21H27N3O2/c1-6-12-26-23-17(4)18-10-11-21(16(3)13-18)25-14-19-15(2)8-7-9-20(19)24(5)22/h6-11,13H,1,12,14,22H2,2-5H3/b23-17+. The van der Waals surface area contributed by atoms with Crippen LogP contribution in [0.4, 0.5) is 5.69 Å². The van der Waals surface area contributed by atoms with E-state index in [9.17, 15) is 0 Å². The molecule has 26 heavy (non-hydrogen) atoms. The second-order valence-corrected chi connectivity index (χ2v) is 6.21. The molecular formula is C21H27N3O2. The molecule has 0 saturated heterocycles. The largest absolute Gasteiger partial charge is 0.489 e. The zero-order chi connectivity index (χ0) is 19.1. The highest BCUT2D eigenvalue weighted by molar-refractivity contribution is 5.98. The molecule has 2 rings (SSSR count). The molecule has 0 fully saturated rings. The van der Waals surface area contributed by atoms with Gasteiger partial charge in [0, 0.05) is 12.6 Å². The molecule has 0 bridgehead atoms. The van der Waals surface area contributed by atoms with E-state index in [-0.39, 0.29) is 0 Å². The Morgan fingerprint density at radius 1 is 1.23 bits per heavy atom. The van der Waals surface area contributed by atoms with Crippen LogP contribution in [0.1, 0.15) is 29.2 Å². The Balaban J connectivity index is 2.15. The Bertz CT molecular complexity index is 798. The van der Waals surface area contributed by atoms with Gasteiger partial charge < -0.3 is 14.6 Å². The van der Waals surface area contributed by atoms with Crippen LogP contribution in [0.5, 0.6) is 5.75 Å². The summed E-state index contributed by atoms with van der Waals surface area (Å²) >= 11 is 0. The van der Waals surface area contributed by atoms with Gasteiger partial charge in [0.25, 0.3) is 0 Å². The first-order chi connectivity index (χ1) is 12.4. The van der Waals surface area contributed by atoms with Crippen molar-refractivity contribution in [3.63, 3.8) is 0 Å². The van der Waals surface area contributed by atoms with Gasteiger partial charge in [-0.1, -0.05) is 29.9 Å². The van der Waals surface area contributed by atoms with Crippen LogP contribution in [0.25, 0.3) is 0 Å². The average Bonchev–Trinajstić information content (AvgIpc) is 2.61. The Hall–Kier alpha value is -2.79. The normalized spacial score (nSPS) is 11.2. The maximum atomic E-state index is 6.06. The molecule has 0 aliphatic carbocycles. The average molecular weight is 353 g/mol. The van der Waals surface area contributed by atoms with E-state index >= 15 is 0 Å². The number of hydrogen-bond acceptors (Lipinski definition) is 5. The van der Waals surface area contributed by atoms with Crippen LogP contribution in [0.2, 0.25) is 0 Å². The number of nitrogens with zero attached hydrogens (tertiary/aromatic N) is 2. The van der Waals surface area contributed by atoms with Gasteiger partial charge in [-0.2, -0.15) is 0 Å². The van der Waals surface area contributed by atoms with E-state index in [1.165, 1.54) is 0 Å². The molecule has 0 saturated carbocycles. The third-order valence-corrected chi connectivity index (χ3v) is 4.12. The van der Waals surface area contributed by atoms with Gasteiger partial charge in [-0.25, -0.2) is 5.84 Å². The Morgan fingerprint density at radius 3 is 2.65 bits per heavy atom. The number of hydrazine groups is 1. The van der Waals surface area contributed by atoms with Gasteiger partial charge in [0.1, 0.15) is 19.0 Å². The molecular weight excluding hydrogens is 326 g/mol. The van der Waals surface area contributed by atoms with Gasteiger partial charge in [-0.3, -0.25) is 0 Å². The highest BCUT2D eigenvalue weighted by Gasteiger charge is 2.10. The number of aryl methyl sites for hydroxylation is 2. The van der Waals surface area contributed by atoms with E-state index in [1.54, 1.807) is 11.1 Å². The number of hydrogen-bond donors (Lipinski definition) is 1. The monoisotopic (exact) mass is 353 g/mol. The van der Waals surface area contributed by atoms with Gasteiger partial charge >= 0.3 is 0 Å². The van der Waals surface area contributed by atoms with Gasteiger partial charge in [-0.05, 0) is 61.7 Å². The number of nitrogens with two attached hydrogens (primary N) is 1. The molecule has 0 aromatic heterocycles. The maximum absolute atomic E-state index is 6.06. The fourth-order valence-electron chi connectivity index (χ4n) is 2.63. The summed E-state index contributed by atoms with van der Waals surface area (Å²) in [6.07, 6.45) is 1.66. The molecule has 0 amide bonds. The summed E-state index contributed by atoms with van der Waals surface area (Å²) in [6, 6.07) is 12.0. The number of benzene rings is 2. The summed E-state index contributed by atoms with van der Waals surface area (Å²) < 4.78 is 6.06. The predicted molar refractivity (Wildman–Crippen MR) is 108 cm³/mol. The highest BCUT2D eigenvalue weighted by Crippen LogP contribution is 2.25. The SMILES string of the molecule is C=CCO/N=C(\C)c1ccc(OCc2c(C)cccc2N(C)N)c(C)c1. The maximum Gasteiger partial charge on any atom is 0.135 e. The van der Waals surface area contributed by atoms with Crippen LogP contribution in [0.15, 0.2) is 54.2 Å². The van der Waals surface area contributed by atoms with Crippen LogP contribution < -0.4 is 15.6 Å². The quantitative estimate of drug-likeness (QED) is 0.255. The van der Waals surface area contributed by atoms with Crippen LogP contribution in [-0.4, -0.2) is 19.4 Å². The minimum absolute atomic E-state index is 0.395. The van der Waals surface area contributed by atoms with E-state index < -0.39 is 0 Å². The van der Waals surface area contributed by atoms with Crippen LogP contribution in [0, 0.1) is 13.8 Å². The van der Waals surface area contributed by atoms with Crippen molar-refractivity contribution in [2.24, 2.45) is 11.0 Å². The number of anilines is 1. The second kappa shape index (κ2) is 9.06. The molecule has 0 unspecified atom stereocenters. The molecule has 0 heterocycles. The first kappa shape index (κ1) is 19.5. The molecule has 138 valence electrons. The predicted octanol–water partition coefficient (Wildman–Crippen LogP) is 4.12. The molecule has 2 aromatic carbocycles. The van der Waals surface area contributed by atoms with Gasteiger partial charge in [0.15, 0.2) is 0 Å². The molecule has 0 atom stereocenters. The second-order valence-electron chi connectivity index (χ2n) is 6.21. The molecule has 0 aliphatic heterocycles. The summed E-state index contributed by atoms with van der Waals surface area (Å²) in [7, 11) is 1.83. The number of ether oxygens (including phenoxy) is 1. The fraction of sp³-hybridized carbons (Fsp3) is 0.286. The Labute approximate surface area is 155 Å². The van der Waals surface area contributed by atoms with Gasteiger partial charge in [-0.15, -0.1) is 0 Å². The highest BCUT2D eigenvalue weighted by atomic mass is 16.6. The summed E-state index contributed by atoms with van der Waals surface area (Å²) in [5.41, 5.74) is 6.04. The van der Waals surface area contributed by atoms with Crippen molar-refractivity contribution in [3.8, 4) is 5.75 Å². The third kappa shape index (κ3) is 4.86. The van der Waals surface area contributed by atoms with Crippen molar-refractivity contribution in [1.82, 2.24) is 0 Å². The zero-order valence-electron chi connectivity index (χ0n) is 16.0. The van der Waals surface area contributed by atoms with Crippen molar-refractivity contribution in [2.75, 3.05) is 18.7 Å². The molecule has 5 heteroatoms. The molecule has 0 aliphatic rings. The Morgan fingerprint density at radius 2 is 2.00 bits per heavy atom. The van der Waals surface area contributed by atoms with Crippen molar-refractivity contribution in [3.05, 3.63) is 71.3 Å². The minimum atomic E-state index is 0.395. The lowest BCUT2D eigenvalue weighted by atomic mass is 10.1. The Kier molecular flexibility index (Phi) is 6.81. The van der Waals surface area contributed by atoms with E-state index in [2.05, 4.69) is 24.7 Å². The molecule has 2 aromatic rings. The molecule has 0 spiro atoms. The van der Waals surface area contributed by atoms with Crippen molar-refractivity contribution in [2.45, 2.75) is 27.4 Å². The first-order valence-electron chi connectivity index (χ1n) is 8.52. The lowest BCUT2D eigenvalue weighted by Gasteiger charge is -2.19. The van der Waals surface area contributed by atoms with Gasteiger partial charge in [0.2, 0.25) is 0 Å². The number of rotatable bonds is 8. The van der Waals surface area contributed by atoms with Crippen LogP contribution in [-0.2, 0) is 11.4 Å². The molecule has 5 nitrogen and oxygen atoms in total. The van der Waals surface area contributed by atoms with Crippen molar-refractivity contribution < 1.29 is 9.57 Å². The fourth-order valence-corrected chi connectivity index (χ4v) is 2.63. The molecule has 0 radical (unpaired) electrons. The van der Waals surface area contributed by atoms with Crippen molar-refractivity contribution in [1.29, 1.82) is 0 Å². The lowest BCUT2D eigenvalue weighted by Crippen LogP contribution is -2.26. The number of oxime groups is 1. The van der Waals surface area contributed by atoms with E-state index in [0.29, 0.717) is 13.2 Å². The topological polar surface area (TPSA) is 60.1 Å². The van der Waals surface area contributed by atoms with Crippen LogP contribution in [0.3, 0.4) is 0 Å². The van der Waals surface area contributed by atoms with E-state index in [1.807, 2.05) is 51.2 Å². The minimum Gasteiger partial charge on any atom is -0.489 e. The zero-order valence-corrected chi connectivity index (χ0v) is 16.0. The first-order valence-corrected chi connectivity index (χ1v) is 8.52. The summed E-state index contributed by atoms with van der Waals surface area (Å²) in [6.45, 7) is 10.4. The van der Waals surface area contributed by atoms with Gasteiger partial charge in [0.05, 0.1) is 11.4 Å². The summed E-state index contributed by atoms with van der Waals surface area (Å²) in [4.78, 5) is 5.15. The summed E-state index contributed by atoms with van der Waals surface area (Å²) in [5.74, 6) is 6.77. The third-order valence-electron chi connectivity index (χ3n) is 4.12. The smallest absolute Gasteiger partial charge is 0.135 e.